The van der Waals surface area contributed by atoms with Crippen LogP contribution in [0.5, 0.6) is 0 Å². The normalized spacial score (nSPS) is 30.5. The summed E-state index contributed by atoms with van der Waals surface area (Å²) >= 11 is 1.49. The number of carbonyl (C=O) groups excluding carboxylic acids is 3. The lowest BCUT2D eigenvalue weighted by atomic mass is 9.78. The van der Waals surface area contributed by atoms with E-state index >= 15 is 0 Å². The average molecular weight is 586 g/mol. The molecule has 216 valence electrons. The summed E-state index contributed by atoms with van der Waals surface area (Å²) in [5.41, 5.74) is 2.23. The van der Waals surface area contributed by atoms with Crippen molar-refractivity contribution in [2.24, 2.45) is 11.8 Å². The van der Waals surface area contributed by atoms with Crippen molar-refractivity contribution in [1.82, 2.24) is 24.8 Å². The Labute approximate surface area is 247 Å². The van der Waals surface area contributed by atoms with E-state index in [-0.39, 0.29) is 36.9 Å². The van der Waals surface area contributed by atoms with Gasteiger partial charge in [-0.05, 0) is 30.5 Å². The maximum Gasteiger partial charge on any atom is 0.311 e. The molecule has 2 fully saturated rings. The van der Waals surface area contributed by atoms with Crippen LogP contribution in [0.1, 0.15) is 24.4 Å². The molecule has 2 amide bonds. The summed E-state index contributed by atoms with van der Waals surface area (Å²) in [5, 5.41) is 18.9. The molecule has 5 heterocycles. The number of allylic oxidation sites excluding steroid dienone is 1. The van der Waals surface area contributed by atoms with E-state index in [2.05, 4.69) is 10.3 Å². The summed E-state index contributed by atoms with van der Waals surface area (Å²) in [6, 6.07) is 15.1. The summed E-state index contributed by atoms with van der Waals surface area (Å²) in [7, 11) is 0. The van der Waals surface area contributed by atoms with Crippen LogP contribution in [0.15, 0.2) is 78.9 Å². The van der Waals surface area contributed by atoms with Crippen molar-refractivity contribution in [2.75, 3.05) is 19.8 Å². The van der Waals surface area contributed by atoms with Gasteiger partial charge in [-0.1, -0.05) is 72.0 Å². The predicted molar refractivity (Wildman–Crippen MR) is 156 cm³/mol. The Morgan fingerprint density at radius 1 is 1.05 bits per heavy atom. The first-order chi connectivity index (χ1) is 20.5. The molecule has 0 bridgehead atoms. The fourth-order valence-electron chi connectivity index (χ4n) is 6.92. The fourth-order valence-corrected chi connectivity index (χ4v) is 8.90. The van der Waals surface area contributed by atoms with E-state index < -0.39 is 34.6 Å². The van der Waals surface area contributed by atoms with Gasteiger partial charge in [0.2, 0.25) is 11.8 Å². The lowest BCUT2D eigenvalue weighted by Crippen LogP contribution is -2.54. The van der Waals surface area contributed by atoms with Crippen LogP contribution in [0.25, 0.3) is 11.0 Å². The minimum atomic E-state index is -1.02. The molecular formula is C31H31N5O5S. The third-order valence-electron chi connectivity index (χ3n) is 8.79. The number of likely N-dealkylation sites (tertiary alicyclic amines) is 1. The molecule has 0 aliphatic carbocycles. The van der Waals surface area contributed by atoms with Gasteiger partial charge in [-0.25, -0.2) is 4.68 Å². The number of thioether (sulfide) groups is 1. The molecular weight excluding hydrogens is 554 g/mol. The number of cyclic esters (lactones) is 1. The van der Waals surface area contributed by atoms with Gasteiger partial charge in [0.15, 0.2) is 0 Å². The molecule has 42 heavy (non-hydrogen) atoms. The molecule has 6 atom stereocenters. The third kappa shape index (κ3) is 4.17. The Morgan fingerprint density at radius 2 is 1.86 bits per heavy atom. The van der Waals surface area contributed by atoms with Crippen LogP contribution in [-0.4, -0.2) is 83.5 Å². The minimum absolute atomic E-state index is 0.136. The summed E-state index contributed by atoms with van der Waals surface area (Å²) in [4.78, 5) is 46.0. The summed E-state index contributed by atoms with van der Waals surface area (Å²) in [6.07, 6.45) is 9.43. The number of hydrogen-bond acceptors (Lipinski definition) is 8. The summed E-state index contributed by atoms with van der Waals surface area (Å²) in [5.74, 6) is -2.56. The molecule has 4 aliphatic heterocycles. The molecule has 4 aliphatic rings. The van der Waals surface area contributed by atoms with Crippen molar-refractivity contribution in [2.45, 2.75) is 41.6 Å². The van der Waals surface area contributed by atoms with Crippen molar-refractivity contribution in [3.05, 3.63) is 84.5 Å². The number of nitrogens with zero attached hydrogens (tertiary/aromatic N) is 5. The summed E-state index contributed by atoms with van der Waals surface area (Å²) in [6.45, 7) is 0.349. The molecule has 11 heteroatoms. The van der Waals surface area contributed by atoms with Crippen LogP contribution in [0.3, 0.4) is 0 Å². The Bertz CT molecular complexity index is 1590. The number of fused-ring (bicyclic) bond motifs is 3. The molecule has 2 saturated heterocycles. The number of benzene rings is 2. The number of amides is 2. The van der Waals surface area contributed by atoms with Gasteiger partial charge >= 0.3 is 5.97 Å². The van der Waals surface area contributed by atoms with Gasteiger partial charge in [0.1, 0.15) is 18.2 Å². The molecule has 1 N–H and O–H groups in total. The lowest BCUT2D eigenvalue weighted by Gasteiger charge is -2.38. The maximum absolute atomic E-state index is 14.7. The zero-order valence-corrected chi connectivity index (χ0v) is 23.7. The zero-order valence-electron chi connectivity index (χ0n) is 22.9. The number of hydrogen-bond donors (Lipinski definition) is 1. The maximum atomic E-state index is 14.7. The largest absolute Gasteiger partial charge is 0.465 e. The Balaban J connectivity index is 1.34. The Morgan fingerprint density at radius 3 is 2.69 bits per heavy atom. The highest BCUT2D eigenvalue weighted by Gasteiger charge is 2.71. The molecule has 0 saturated carbocycles. The van der Waals surface area contributed by atoms with Crippen LogP contribution >= 0.6 is 11.8 Å². The number of carbonyl (C=O) groups is 3. The van der Waals surface area contributed by atoms with E-state index in [1.165, 1.54) is 16.7 Å². The number of rotatable bonds is 5. The first kappa shape index (κ1) is 26.9. The SMILES string of the molecule is O=C1OCCC/C=C\[C@H]2S[C@]34C=CCN(Cn5nnc6ccccc65)C(=O)C3N([C@H](CO)c3ccccc3)C(=O)[C@@H]4[C@@H]12. The van der Waals surface area contributed by atoms with Crippen molar-refractivity contribution >= 4 is 40.6 Å². The monoisotopic (exact) mass is 585 g/mol. The van der Waals surface area contributed by atoms with E-state index in [0.717, 1.165) is 29.4 Å². The molecule has 0 radical (unpaired) electrons. The fraction of sp³-hybridized carbons (Fsp3) is 0.387. The highest BCUT2D eigenvalue weighted by Crippen LogP contribution is 2.62. The number of aliphatic hydroxyl groups is 1. The van der Waals surface area contributed by atoms with Gasteiger partial charge in [0, 0.05) is 11.8 Å². The minimum Gasteiger partial charge on any atom is -0.465 e. The van der Waals surface area contributed by atoms with Gasteiger partial charge in [-0.2, -0.15) is 0 Å². The zero-order chi connectivity index (χ0) is 28.8. The van der Waals surface area contributed by atoms with Crippen LogP contribution in [-0.2, 0) is 25.8 Å². The van der Waals surface area contributed by atoms with Crippen LogP contribution in [0, 0.1) is 11.8 Å². The predicted octanol–water partition coefficient (Wildman–Crippen LogP) is 2.71. The van der Waals surface area contributed by atoms with Gasteiger partial charge in [-0.3, -0.25) is 14.4 Å². The Hall–Kier alpha value is -3.96. The van der Waals surface area contributed by atoms with E-state index in [1.54, 1.807) is 9.58 Å². The second-order valence-corrected chi connectivity index (χ2v) is 12.6. The molecule has 2 aromatic carbocycles. The molecule has 1 spiro atoms. The molecule has 10 nitrogen and oxygen atoms in total. The topological polar surface area (TPSA) is 118 Å². The van der Waals surface area contributed by atoms with E-state index in [0.29, 0.717) is 6.54 Å². The van der Waals surface area contributed by atoms with Crippen LogP contribution in [0.4, 0.5) is 0 Å². The van der Waals surface area contributed by atoms with Gasteiger partial charge in [0.25, 0.3) is 0 Å². The van der Waals surface area contributed by atoms with E-state index in [4.69, 9.17) is 4.74 Å². The molecule has 3 aromatic rings. The summed E-state index contributed by atoms with van der Waals surface area (Å²) < 4.78 is 6.31. The van der Waals surface area contributed by atoms with Gasteiger partial charge in [0.05, 0.1) is 41.4 Å². The smallest absolute Gasteiger partial charge is 0.311 e. The van der Waals surface area contributed by atoms with Crippen LogP contribution in [0.2, 0.25) is 0 Å². The highest BCUT2D eigenvalue weighted by atomic mass is 32.2. The second kappa shape index (κ2) is 10.7. The standard InChI is InChI=1S/C31H31N5O5S/c37-18-23(20-10-3-1-4-11-20)36-27-29(39)34(19-35-22-13-7-6-12-21(22)32-33-35)16-9-15-31(27)26(28(36)38)25-24(42-31)14-5-2-8-17-41-30(25)40/h1,3-7,9-15,23-27,37H,2,8,16-19H2/b14-5-/t23-,24-,25+,26+,27?,31+/m1/s1. The first-order valence-electron chi connectivity index (χ1n) is 14.3. The average Bonchev–Trinajstić information content (AvgIpc) is 3.61. The molecule has 1 unspecified atom stereocenters. The van der Waals surface area contributed by atoms with Gasteiger partial charge in [-0.15, -0.1) is 16.9 Å². The lowest BCUT2D eigenvalue weighted by molar-refractivity contribution is -0.153. The van der Waals surface area contributed by atoms with Crippen molar-refractivity contribution in [3.8, 4) is 0 Å². The van der Waals surface area contributed by atoms with Crippen molar-refractivity contribution < 1.29 is 24.2 Å². The third-order valence-corrected chi connectivity index (χ3v) is 10.5. The van der Waals surface area contributed by atoms with Gasteiger partial charge < -0.3 is 19.6 Å². The molecule has 1 aromatic heterocycles. The number of esters is 1. The second-order valence-electron chi connectivity index (χ2n) is 11.1. The number of ether oxygens (including phenoxy) is 1. The number of para-hydroxylation sites is 1. The first-order valence-corrected chi connectivity index (χ1v) is 15.2. The van der Waals surface area contributed by atoms with E-state index in [9.17, 15) is 19.5 Å². The van der Waals surface area contributed by atoms with Crippen molar-refractivity contribution in [1.29, 1.82) is 0 Å². The Kier molecular flexibility index (Phi) is 6.86. The van der Waals surface area contributed by atoms with E-state index in [1.807, 2.05) is 78.9 Å². The van der Waals surface area contributed by atoms with Crippen LogP contribution < -0.4 is 0 Å². The van der Waals surface area contributed by atoms with Crippen molar-refractivity contribution in [3.63, 3.8) is 0 Å². The molecule has 7 rings (SSSR count). The highest BCUT2D eigenvalue weighted by molar-refractivity contribution is 8.02. The number of aromatic nitrogens is 3. The number of aliphatic hydroxyl groups excluding tert-OH is 1. The quantitative estimate of drug-likeness (QED) is 0.359.